The lowest BCUT2D eigenvalue weighted by Crippen LogP contribution is -2.51. The van der Waals surface area contributed by atoms with Gasteiger partial charge in [-0.2, -0.15) is 0 Å². The SMILES string of the molecule is CCCCCCCCC=CCCCCCCCCOCC(CN1CCOCC1)OCCOCCOC(=O)CCC(=O)O[C@H]1CC[C@@]2(C)C(=CC[C@H]3[C@@H]4CC[C@H]([C@H](C)CCCC(C)C)[C@@]4(C)CC[C@@H]32)C1. The fourth-order valence-electron chi connectivity index (χ4n) is 13.8. The van der Waals surface area contributed by atoms with Crippen LogP contribution in [0.2, 0.25) is 0 Å². The Balaban J connectivity index is 0.880. The van der Waals surface area contributed by atoms with Crippen molar-refractivity contribution in [3.05, 3.63) is 23.8 Å². The average molecular weight is 968 g/mol. The van der Waals surface area contributed by atoms with Crippen LogP contribution in [0.25, 0.3) is 0 Å². The van der Waals surface area contributed by atoms with Gasteiger partial charge in [-0.3, -0.25) is 14.5 Å². The molecule has 9 nitrogen and oxygen atoms in total. The minimum absolute atomic E-state index is 0.0246. The first-order valence-corrected chi connectivity index (χ1v) is 29.3. The fraction of sp³-hybridized carbons (Fsp3) is 0.900. The van der Waals surface area contributed by atoms with Gasteiger partial charge in [-0.25, -0.2) is 0 Å². The van der Waals surface area contributed by atoms with Crippen molar-refractivity contribution in [3.63, 3.8) is 0 Å². The molecule has 9 heteroatoms. The number of fused-ring (bicyclic) bond motifs is 5. The molecule has 398 valence electrons. The number of ether oxygens (including phenoxy) is 6. The molecule has 1 aliphatic heterocycles. The summed E-state index contributed by atoms with van der Waals surface area (Å²) in [5, 5.41) is 0. The fourth-order valence-corrected chi connectivity index (χ4v) is 13.8. The molecule has 0 aromatic carbocycles. The van der Waals surface area contributed by atoms with Crippen molar-refractivity contribution in [3.8, 4) is 0 Å². The summed E-state index contributed by atoms with van der Waals surface area (Å²) in [6.45, 7) is 21.5. The van der Waals surface area contributed by atoms with Crippen molar-refractivity contribution in [2.24, 2.45) is 46.3 Å². The predicted octanol–water partition coefficient (Wildman–Crippen LogP) is 14.1. The highest BCUT2D eigenvalue weighted by Crippen LogP contribution is 2.67. The molecule has 4 fully saturated rings. The summed E-state index contributed by atoms with van der Waals surface area (Å²) >= 11 is 0. The number of hydrogen-bond acceptors (Lipinski definition) is 9. The van der Waals surface area contributed by atoms with E-state index in [-0.39, 0.29) is 49.6 Å². The van der Waals surface area contributed by atoms with Crippen LogP contribution >= 0.6 is 0 Å². The Hall–Kier alpha value is -1.78. The normalized spacial score (nSPS) is 28.0. The van der Waals surface area contributed by atoms with E-state index in [0.717, 1.165) is 101 Å². The van der Waals surface area contributed by atoms with E-state index in [1.165, 1.54) is 140 Å². The molecular weight excluding hydrogens is 863 g/mol. The Kier molecular flexibility index (Phi) is 27.3. The Morgan fingerprint density at radius 2 is 1.43 bits per heavy atom. The van der Waals surface area contributed by atoms with Crippen LogP contribution in [-0.2, 0) is 38.0 Å². The molecule has 0 N–H and O–H groups in total. The molecule has 69 heavy (non-hydrogen) atoms. The summed E-state index contributed by atoms with van der Waals surface area (Å²) in [6, 6.07) is 0. The van der Waals surface area contributed by atoms with Crippen molar-refractivity contribution in [2.45, 2.75) is 227 Å². The first-order chi connectivity index (χ1) is 33.5. The maximum atomic E-state index is 13.0. The van der Waals surface area contributed by atoms with Gasteiger partial charge in [0.05, 0.1) is 58.6 Å². The van der Waals surface area contributed by atoms with Crippen molar-refractivity contribution in [1.82, 2.24) is 4.90 Å². The van der Waals surface area contributed by atoms with Gasteiger partial charge in [0.25, 0.3) is 0 Å². The number of carbonyl (C=O) groups is 2. The average Bonchev–Trinajstić information content (AvgIpc) is 3.70. The zero-order valence-electron chi connectivity index (χ0n) is 45.4. The van der Waals surface area contributed by atoms with E-state index in [0.29, 0.717) is 25.2 Å². The number of carbonyl (C=O) groups excluding carboxylic acids is 2. The lowest BCUT2D eigenvalue weighted by molar-refractivity contribution is -0.156. The second-order valence-electron chi connectivity index (χ2n) is 23.4. The van der Waals surface area contributed by atoms with Crippen molar-refractivity contribution in [1.29, 1.82) is 0 Å². The monoisotopic (exact) mass is 968 g/mol. The summed E-state index contributed by atoms with van der Waals surface area (Å²) in [6.07, 6.45) is 39.2. The highest BCUT2D eigenvalue weighted by molar-refractivity contribution is 5.77. The molecule has 0 aromatic heterocycles. The largest absolute Gasteiger partial charge is 0.463 e. The Bertz CT molecular complexity index is 1480. The molecule has 5 rings (SSSR count). The van der Waals surface area contributed by atoms with Gasteiger partial charge in [0, 0.05) is 32.7 Å². The van der Waals surface area contributed by atoms with Gasteiger partial charge < -0.3 is 28.4 Å². The molecule has 9 atom stereocenters. The number of esters is 2. The van der Waals surface area contributed by atoms with E-state index in [2.05, 4.69) is 64.7 Å². The van der Waals surface area contributed by atoms with Gasteiger partial charge in [-0.05, 0) is 123 Å². The van der Waals surface area contributed by atoms with Crippen molar-refractivity contribution >= 4 is 11.9 Å². The van der Waals surface area contributed by atoms with Crippen LogP contribution in [0.3, 0.4) is 0 Å². The zero-order chi connectivity index (χ0) is 49.2. The van der Waals surface area contributed by atoms with E-state index < -0.39 is 5.97 Å². The summed E-state index contributed by atoms with van der Waals surface area (Å²) in [5.74, 6) is 4.19. The van der Waals surface area contributed by atoms with E-state index in [4.69, 9.17) is 28.4 Å². The van der Waals surface area contributed by atoms with Crippen molar-refractivity contribution < 1.29 is 38.0 Å². The highest BCUT2D eigenvalue weighted by atomic mass is 16.6. The number of unbranched alkanes of at least 4 members (excludes halogenated alkanes) is 12. The number of allylic oxidation sites excluding steroid dienone is 3. The maximum Gasteiger partial charge on any atom is 0.306 e. The molecule has 0 spiro atoms. The Morgan fingerprint density at radius 1 is 0.739 bits per heavy atom. The first-order valence-electron chi connectivity index (χ1n) is 29.3. The van der Waals surface area contributed by atoms with Crippen LogP contribution in [0.4, 0.5) is 0 Å². The zero-order valence-corrected chi connectivity index (χ0v) is 45.4. The van der Waals surface area contributed by atoms with Gasteiger partial charge in [-0.15, -0.1) is 0 Å². The third-order valence-corrected chi connectivity index (χ3v) is 17.8. The number of morpholine rings is 1. The third kappa shape index (κ3) is 19.9. The van der Waals surface area contributed by atoms with Gasteiger partial charge in [0.15, 0.2) is 0 Å². The van der Waals surface area contributed by atoms with Crippen LogP contribution in [0.1, 0.15) is 215 Å². The summed E-state index contributed by atoms with van der Waals surface area (Å²) in [7, 11) is 0. The van der Waals surface area contributed by atoms with Crippen LogP contribution in [0.15, 0.2) is 23.8 Å². The molecule has 5 aliphatic rings. The van der Waals surface area contributed by atoms with E-state index >= 15 is 0 Å². The van der Waals surface area contributed by atoms with E-state index in [1.807, 2.05) is 0 Å². The van der Waals surface area contributed by atoms with E-state index in [1.54, 1.807) is 0 Å². The molecular formula is C60H105NO8. The van der Waals surface area contributed by atoms with Gasteiger partial charge in [0.1, 0.15) is 12.7 Å². The number of hydrogen-bond donors (Lipinski definition) is 0. The van der Waals surface area contributed by atoms with Gasteiger partial charge >= 0.3 is 11.9 Å². The molecule has 4 aliphatic carbocycles. The molecule has 3 saturated carbocycles. The minimum atomic E-state index is -0.392. The Morgan fingerprint density at radius 3 is 2.17 bits per heavy atom. The smallest absolute Gasteiger partial charge is 0.306 e. The lowest BCUT2D eigenvalue weighted by Gasteiger charge is -2.58. The molecule has 0 amide bonds. The molecule has 1 unspecified atom stereocenters. The van der Waals surface area contributed by atoms with Crippen LogP contribution in [0, 0.1) is 46.3 Å². The van der Waals surface area contributed by atoms with Crippen molar-refractivity contribution in [2.75, 3.05) is 72.5 Å². The van der Waals surface area contributed by atoms with E-state index in [9.17, 15) is 9.59 Å². The lowest BCUT2D eigenvalue weighted by atomic mass is 9.47. The number of rotatable bonds is 36. The van der Waals surface area contributed by atoms with Gasteiger partial charge in [-0.1, -0.05) is 142 Å². The molecule has 0 aromatic rings. The molecule has 1 heterocycles. The molecule has 1 saturated heterocycles. The second-order valence-corrected chi connectivity index (χ2v) is 23.4. The standard InChI is InChI=1S/C60H105NO8/c1-7-8-9-10-11-12-13-14-15-16-17-18-19-20-21-22-38-66-47-52(46-61-36-39-64-40-37-61)67-43-41-65-42-44-68-57(62)30-31-58(63)69-51-32-34-59(5)50(45-51)26-27-53-55-29-28-54(49(4)25-23-24-48(2)3)60(55,6)35-33-56(53)59/h14-15,26,48-49,51-56H,7-13,16-25,27-47H2,1-6H3/t49-,51+,52?,53+,54-,55+,56+,59+,60-/m1/s1. The minimum Gasteiger partial charge on any atom is -0.463 e. The van der Waals surface area contributed by atoms with Crippen LogP contribution in [0.5, 0.6) is 0 Å². The maximum absolute atomic E-state index is 13.0. The highest BCUT2D eigenvalue weighted by Gasteiger charge is 2.59. The second kappa shape index (κ2) is 32.4. The summed E-state index contributed by atoms with van der Waals surface area (Å²) < 4.78 is 35.1. The molecule has 0 radical (unpaired) electrons. The molecule has 0 bridgehead atoms. The van der Waals surface area contributed by atoms with Crippen LogP contribution in [-0.4, -0.2) is 102 Å². The summed E-state index contributed by atoms with van der Waals surface area (Å²) in [5.41, 5.74) is 2.23. The van der Waals surface area contributed by atoms with Gasteiger partial charge in [0.2, 0.25) is 0 Å². The first kappa shape index (κ1) is 58.1. The quantitative estimate of drug-likeness (QED) is 0.0346. The summed E-state index contributed by atoms with van der Waals surface area (Å²) in [4.78, 5) is 27.9. The number of nitrogens with zero attached hydrogens (tertiary/aromatic N) is 1. The predicted molar refractivity (Wildman–Crippen MR) is 281 cm³/mol. The van der Waals surface area contributed by atoms with Crippen LogP contribution < -0.4 is 0 Å². The Labute approximate surface area is 423 Å². The third-order valence-electron chi connectivity index (χ3n) is 17.8. The topological polar surface area (TPSA) is 92.8 Å².